The number of aliphatic hydroxyl groups is 1. The fourth-order valence-corrected chi connectivity index (χ4v) is 7.95. The maximum absolute atomic E-state index is 13.6. The molecule has 0 spiro atoms. The lowest BCUT2D eigenvalue weighted by molar-refractivity contribution is 0.0697. The van der Waals surface area contributed by atoms with Crippen LogP contribution in [0.3, 0.4) is 0 Å². The monoisotopic (exact) mass is 694 g/mol. The number of carbonyl (C=O) groups is 1. The van der Waals surface area contributed by atoms with E-state index < -0.39 is 5.97 Å². The van der Waals surface area contributed by atoms with Crippen LogP contribution in [0.15, 0.2) is 93.9 Å². The number of rotatable bonds is 15. The number of nitrogens with zero attached hydrogens (tertiary/aromatic N) is 1. The van der Waals surface area contributed by atoms with E-state index in [2.05, 4.69) is 42.3 Å². The standard InChI is InChI=1S/C40H42N2O5S2/c1-3-48-21-19-42(20-22-49-4-2)25-27-9-5-8-12-35(27)41-24-34-36(44)18-17-33-37(30-10-6-7-11-31(30)40(45)46)32-15-13-26-23-28(43)14-16-29(26)38(32)47-39(33)34/h5-18,26,41,43H,3-4,19-25H2,1-2H3,(H,45,46). The number of allylic oxidation sites excluding steroid dienone is 5. The number of fused-ring (bicyclic) bond motifs is 4. The number of hydrogen-bond donors (Lipinski definition) is 3. The molecule has 0 fully saturated rings. The highest BCUT2D eigenvalue weighted by molar-refractivity contribution is 7.99. The van der Waals surface area contributed by atoms with Crippen LogP contribution in [-0.4, -0.2) is 57.2 Å². The first-order chi connectivity index (χ1) is 23.9. The third-order valence-corrected chi connectivity index (χ3v) is 10.8. The summed E-state index contributed by atoms with van der Waals surface area (Å²) < 4.78 is 6.73. The van der Waals surface area contributed by atoms with E-state index in [4.69, 9.17) is 4.42 Å². The van der Waals surface area contributed by atoms with Crippen molar-refractivity contribution in [2.24, 2.45) is 5.92 Å². The number of anilines is 1. The molecule has 254 valence electrons. The van der Waals surface area contributed by atoms with Crippen LogP contribution in [-0.2, 0) is 13.1 Å². The van der Waals surface area contributed by atoms with Gasteiger partial charge in [-0.3, -0.25) is 9.69 Å². The van der Waals surface area contributed by atoms with Crippen LogP contribution in [0.2, 0.25) is 0 Å². The van der Waals surface area contributed by atoms with Crippen molar-refractivity contribution < 1.29 is 19.4 Å². The molecular formula is C40H42N2O5S2. The molecule has 0 saturated heterocycles. The minimum absolute atomic E-state index is 0.0976. The Bertz CT molecular complexity index is 1940. The van der Waals surface area contributed by atoms with Gasteiger partial charge in [0.1, 0.15) is 11.5 Å². The molecule has 0 amide bonds. The van der Waals surface area contributed by atoms with Crippen LogP contribution in [0.1, 0.15) is 53.1 Å². The summed E-state index contributed by atoms with van der Waals surface area (Å²) in [5.41, 5.74) is 6.17. The zero-order valence-corrected chi connectivity index (χ0v) is 29.5. The zero-order chi connectivity index (χ0) is 34.3. The fourth-order valence-electron chi connectivity index (χ4n) is 6.60. The van der Waals surface area contributed by atoms with E-state index in [1.54, 1.807) is 30.3 Å². The van der Waals surface area contributed by atoms with E-state index in [-0.39, 0.29) is 29.2 Å². The van der Waals surface area contributed by atoms with Crippen molar-refractivity contribution in [2.45, 2.75) is 33.4 Å². The Morgan fingerprint density at radius 3 is 2.43 bits per heavy atom. The van der Waals surface area contributed by atoms with Crippen LogP contribution < -0.4 is 10.7 Å². The van der Waals surface area contributed by atoms with Crippen molar-refractivity contribution in [1.82, 2.24) is 4.90 Å². The number of thioether (sulfide) groups is 2. The molecule has 49 heavy (non-hydrogen) atoms. The summed E-state index contributed by atoms with van der Waals surface area (Å²) in [7, 11) is 0. The number of benzene rings is 3. The third-order valence-electron chi connectivity index (χ3n) is 9.05. The van der Waals surface area contributed by atoms with Crippen molar-refractivity contribution in [2.75, 3.05) is 41.4 Å². The van der Waals surface area contributed by atoms with Gasteiger partial charge in [0.2, 0.25) is 0 Å². The molecule has 2 aromatic rings. The highest BCUT2D eigenvalue weighted by atomic mass is 32.2. The van der Waals surface area contributed by atoms with E-state index in [0.29, 0.717) is 40.2 Å². The summed E-state index contributed by atoms with van der Waals surface area (Å²) in [6, 6.07) is 18.5. The first-order valence-electron chi connectivity index (χ1n) is 16.8. The first-order valence-corrected chi connectivity index (χ1v) is 19.1. The molecule has 9 heteroatoms. The van der Waals surface area contributed by atoms with Gasteiger partial charge in [-0.1, -0.05) is 68.5 Å². The minimum Gasteiger partial charge on any atom is -0.512 e. The maximum atomic E-state index is 13.6. The Hall–Kier alpha value is -4.18. The second-order valence-electron chi connectivity index (χ2n) is 12.1. The molecule has 0 bridgehead atoms. The summed E-state index contributed by atoms with van der Waals surface area (Å²) in [5.74, 6) is 4.53. The molecule has 7 nitrogen and oxygen atoms in total. The smallest absolute Gasteiger partial charge is 0.336 e. The summed E-state index contributed by atoms with van der Waals surface area (Å²) in [6.07, 6.45) is 7.95. The van der Waals surface area contributed by atoms with Gasteiger partial charge >= 0.3 is 5.97 Å². The quantitative estimate of drug-likeness (QED) is 0.105. The van der Waals surface area contributed by atoms with E-state index in [1.165, 1.54) is 0 Å². The molecular weight excluding hydrogens is 653 g/mol. The Balaban J connectivity index is 1.41. The first kappa shape index (κ1) is 34.7. The van der Waals surface area contributed by atoms with Crippen molar-refractivity contribution in [3.8, 4) is 22.5 Å². The Morgan fingerprint density at radius 2 is 1.67 bits per heavy atom. The Kier molecular flexibility index (Phi) is 11.3. The number of aromatic carboxylic acids is 1. The van der Waals surface area contributed by atoms with Crippen molar-refractivity contribution >= 4 is 46.8 Å². The minimum atomic E-state index is -1.03. The van der Waals surface area contributed by atoms with Crippen molar-refractivity contribution in [1.29, 1.82) is 0 Å². The van der Waals surface area contributed by atoms with Crippen LogP contribution in [0, 0.1) is 5.92 Å². The van der Waals surface area contributed by atoms with E-state index in [9.17, 15) is 19.8 Å². The van der Waals surface area contributed by atoms with Crippen molar-refractivity contribution in [3.63, 3.8) is 0 Å². The highest BCUT2D eigenvalue weighted by Crippen LogP contribution is 2.48. The Labute approximate surface area is 296 Å². The molecule has 1 unspecified atom stereocenters. The lowest BCUT2D eigenvalue weighted by atomic mass is 9.79. The van der Waals surface area contributed by atoms with Gasteiger partial charge < -0.3 is 19.9 Å². The van der Waals surface area contributed by atoms with Gasteiger partial charge in [0, 0.05) is 78.0 Å². The molecule has 3 N–H and O–H groups in total. The van der Waals surface area contributed by atoms with Gasteiger partial charge in [0.15, 0.2) is 5.43 Å². The normalized spacial score (nSPS) is 15.1. The van der Waals surface area contributed by atoms with Crippen molar-refractivity contribution in [3.05, 3.63) is 123 Å². The van der Waals surface area contributed by atoms with Gasteiger partial charge in [-0.15, -0.1) is 0 Å². The molecule has 1 aliphatic heterocycles. The summed E-state index contributed by atoms with van der Waals surface area (Å²) >= 11 is 3.91. The molecule has 0 aromatic heterocycles. The van der Waals surface area contributed by atoms with Gasteiger partial charge in [-0.25, -0.2) is 4.79 Å². The van der Waals surface area contributed by atoms with E-state index in [1.807, 2.05) is 60.0 Å². The van der Waals surface area contributed by atoms with Crippen LogP contribution in [0.25, 0.3) is 34.1 Å². The van der Waals surface area contributed by atoms with Crippen LogP contribution >= 0.6 is 23.5 Å². The average Bonchev–Trinajstić information content (AvgIpc) is 3.10. The lowest BCUT2D eigenvalue weighted by Crippen LogP contribution is -2.28. The molecule has 3 aliphatic carbocycles. The van der Waals surface area contributed by atoms with E-state index >= 15 is 0 Å². The van der Waals surface area contributed by atoms with Gasteiger partial charge in [-0.2, -0.15) is 23.5 Å². The predicted octanol–water partition coefficient (Wildman–Crippen LogP) is 8.90. The predicted molar refractivity (Wildman–Crippen MR) is 205 cm³/mol. The summed E-state index contributed by atoms with van der Waals surface area (Å²) in [6.45, 7) is 7.43. The van der Waals surface area contributed by atoms with Gasteiger partial charge in [0.05, 0.1) is 16.9 Å². The average molecular weight is 695 g/mol. The molecule has 1 atom stereocenters. The maximum Gasteiger partial charge on any atom is 0.336 e. The molecule has 2 aromatic carbocycles. The number of aliphatic hydroxyl groups excluding tert-OH is 1. The number of carboxylic acids is 1. The molecule has 0 saturated carbocycles. The number of para-hydroxylation sites is 1. The number of nitrogens with one attached hydrogen (secondary N) is 1. The van der Waals surface area contributed by atoms with Gasteiger partial charge in [-0.05, 0) is 53.0 Å². The molecule has 6 rings (SSSR count). The second kappa shape index (κ2) is 16.0. The Morgan fingerprint density at radius 1 is 0.939 bits per heavy atom. The molecule has 4 aliphatic rings. The van der Waals surface area contributed by atoms with Gasteiger partial charge in [0.25, 0.3) is 0 Å². The molecule has 0 radical (unpaired) electrons. The molecule has 1 heterocycles. The second-order valence-corrected chi connectivity index (χ2v) is 14.9. The lowest BCUT2D eigenvalue weighted by Gasteiger charge is -2.29. The summed E-state index contributed by atoms with van der Waals surface area (Å²) in [5, 5.41) is 24.0. The topological polar surface area (TPSA) is 103 Å². The third kappa shape index (κ3) is 7.69. The van der Waals surface area contributed by atoms with Crippen LogP contribution in [0.5, 0.6) is 0 Å². The SMILES string of the molecule is CCSCCN(CCSCC)Cc1ccccc1NCc1c2oc3c(c(-c4ccccc4C(=O)O)c-2ccc1=O)C=CC1CC(O)=CC=C31. The largest absolute Gasteiger partial charge is 0.512 e. The number of hydrogen-bond acceptors (Lipinski definition) is 8. The fraction of sp³-hybridized carbons (Fsp3) is 0.300. The number of carboxylic acid groups (broad SMARTS) is 1. The van der Waals surface area contributed by atoms with E-state index in [0.717, 1.165) is 65.0 Å². The summed E-state index contributed by atoms with van der Waals surface area (Å²) in [4.78, 5) is 28.6. The van der Waals surface area contributed by atoms with Crippen LogP contribution in [0.4, 0.5) is 5.69 Å². The zero-order valence-electron chi connectivity index (χ0n) is 27.9. The highest BCUT2D eigenvalue weighted by Gasteiger charge is 2.32.